The average molecular weight is 197 g/mol. The molecule has 2 nitrogen and oxygen atoms in total. The second-order valence-electron chi connectivity index (χ2n) is 3.34. The van der Waals surface area contributed by atoms with Crippen molar-refractivity contribution in [3.8, 4) is 0 Å². The van der Waals surface area contributed by atoms with Gasteiger partial charge in [0.2, 0.25) is 0 Å². The van der Waals surface area contributed by atoms with Crippen molar-refractivity contribution in [3.05, 3.63) is 22.4 Å². The van der Waals surface area contributed by atoms with Crippen molar-refractivity contribution in [2.75, 3.05) is 26.3 Å². The maximum absolute atomic E-state index is 5.33. The van der Waals surface area contributed by atoms with E-state index >= 15 is 0 Å². The zero-order valence-corrected chi connectivity index (χ0v) is 8.72. The minimum atomic E-state index is 0.559. The summed E-state index contributed by atoms with van der Waals surface area (Å²) in [5.41, 5.74) is 0. The fourth-order valence-electron chi connectivity index (χ4n) is 1.67. The summed E-state index contributed by atoms with van der Waals surface area (Å²) in [4.78, 5) is 3.94. The Morgan fingerprint density at radius 3 is 2.85 bits per heavy atom. The first kappa shape index (κ1) is 9.19. The van der Waals surface area contributed by atoms with Crippen LogP contribution in [-0.2, 0) is 4.74 Å². The molecule has 1 aromatic rings. The molecule has 3 heteroatoms. The van der Waals surface area contributed by atoms with Crippen LogP contribution in [0.2, 0.25) is 0 Å². The van der Waals surface area contributed by atoms with E-state index in [1.165, 1.54) is 4.88 Å². The molecule has 0 spiro atoms. The zero-order chi connectivity index (χ0) is 9.10. The molecule has 1 saturated heterocycles. The van der Waals surface area contributed by atoms with Crippen LogP contribution >= 0.6 is 11.3 Å². The molecule has 72 valence electrons. The van der Waals surface area contributed by atoms with Crippen LogP contribution in [0.5, 0.6) is 0 Å². The second-order valence-corrected chi connectivity index (χ2v) is 4.32. The number of thiophene rings is 1. The predicted molar refractivity (Wildman–Crippen MR) is 55.1 cm³/mol. The van der Waals surface area contributed by atoms with Crippen LogP contribution < -0.4 is 0 Å². The number of morpholine rings is 1. The molecule has 0 amide bonds. The summed E-state index contributed by atoms with van der Waals surface area (Å²) in [6.07, 6.45) is 0. The Balaban J connectivity index is 1.99. The molecule has 0 radical (unpaired) electrons. The lowest BCUT2D eigenvalue weighted by atomic mass is 10.2. The Labute approximate surface area is 83.1 Å². The molecule has 2 rings (SSSR count). The fourth-order valence-corrected chi connectivity index (χ4v) is 2.49. The standard InChI is InChI=1S/C10H15NOS/c1-9(10-3-2-8-13-10)11-4-6-12-7-5-11/h2-3,8-9H,4-7H2,1H3/t9-/m0/s1. The Hall–Kier alpha value is -0.380. The zero-order valence-electron chi connectivity index (χ0n) is 7.90. The quantitative estimate of drug-likeness (QED) is 0.720. The number of rotatable bonds is 2. The van der Waals surface area contributed by atoms with Crippen molar-refractivity contribution >= 4 is 11.3 Å². The van der Waals surface area contributed by atoms with Gasteiger partial charge in [-0.05, 0) is 18.4 Å². The minimum absolute atomic E-state index is 0.559. The van der Waals surface area contributed by atoms with Crippen LogP contribution in [0.15, 0.2) is 17.5 Å². The van der Waals surface area contributed by atoms with Gasteiger partial charge in [0.1, 0.15) is 0 Å². The van der Waals surface area contributed by atoms with E-state index in [1.54, 1.807) is 0 Å². The molecule has 0 aliphatic carbocycles. The van der Waals surface area contributed by atoms with Crippen LogP contribution in [0.1, 0.15) is 17.8 Å². The molecule has 1 aromatic heterocycles. The molecule has 0 aromatic carbocycles. The van der Waals surface area contributed by atoms with Gasteiger partial charge in [0.25, 0.3) is 0 Å². The highest BCUT2D eigenvalue weighted by Gasteiger charge is 2.18. The fraction of sp³-hybridized carbons (Fsp3) is 0.600. The highest BCUT2D eigenvalue weighted by molar-refractivity contribution is 7.10. The molecular formula is C10H15NOS. The van der Waals surface area contributed by atoms with E-state index in [0.29, 0.717) is 6.04 Å². The van der Waals surface area contributed by atoms with Gasteiger partial charge in [-0.3, -0.25) is 4.90 Å². The maximum atomic E-state index is 5.33. The van der Waals surface area contributed by atoms with Crippen molar-refractivity contribution in [1.82, 2.24) is 4.90 Å². The van der Waals surface area contributed by atoms with Gasteiger partial charge >= 0.3 is 0 Å². The first-order chi connectivity index (χ1) is 6.38. The molecule has 0 saturated carbocycles. The van der Waals surface area contributed by atoms with Gasteiger partial charge in [0.15, 0.2) is 0 Å². The van der Waals surface area contributed by atoms with Crippen LogP contribution in [0, 0.1) is 0 Å². The predicted octanol–water partition coefficient (Wildman–Crippen LogP) is 2.14. The maximum Gasteiger partial charge on any atom is 0.0594 e. The molecule has 0 N–H and O–H groups in total. The summed E-state index contributed by atoms with van der Waals surface area (Å²) in [7, 11) is 0. The van der Waals surface area contributed by atoms with Crippen LogP contribution in [0.25, 0.3) is 0 Å². The minimum Gasteiger partial charge on any atom is -0.379 e. The molecule has 13 heavy (non-hydrogen) atoms. The molecule has 1 aliphatic heterocycles. The van der Waals surface area contributed by atoms with Crippen molar-refractivity contribution in [1.29, 1.82) is 0 Å². The normalized spacial score (nSPS) is 21.6. The lowest BCUT2D eigenvalue weighted by molar-refractivity contribution is 0.0205. The van der Waals surface area contributed by atoms with Gasteiger partial charge < -0.3 is 4.74 Å². The van der Waals surface area contributed by atoms with Gasteiger partial charge in [-0.25, -0.2) is 0 Å². The summed E-state index contributed by atoms with van der Waals surface area (Å²) in [5.74, 6) is 0. The third-order valence-electron chi connectivity index (χ3n) is 2.55. The van der Waals surface area contributed by atoms with E-state index < -0.39 is 0 Å². The lowest BCUT2D eigenvalue weighted by Gasteiger charge is -2.31. The third kappa shape index (κ3) is 2.10. The van der Waals surface area contributed by atoms with E-state index in [1.807, 2.05) is 11.3 Å². The molecule has 1 aliphatic rings. The third-order valence-corrected chi connectivity index (χ3v) is 3.59. The summed E-state index contributed by atoms with van der Waals surface area (Å²) < 4.78 is 5.33. The summed E-state index contributed by atoms with van der Waals surface area (Å²) in [5, 5.41) is 2.15. The van der Waals surface area contributed by atoms with Crippen LogP contribution in [0.4, 0.5) is 0 Å². The second kappa shape index (κ2) is 4.22. The van der Waals surface area contributed by atoms with Gasteiger partial charge in [0, 0.05) is 24.0 Å². The Kier molecular flexibility index (Phi) is 2.98. The monoisotopic (exact) mass is 197 g/mol. The highest BCUT2D eigenvalue weighted by atomic mass is 32.1. The van der Waals surface area contributed by atoms with Crippen LogP contribution in [0.3, 0.4) is 0 Å². The summed E-state index contributed by atoms with van der Waals surface area (Å²) in [6, 6.07) is 4.89. The van der Waals surface area contributed by atoms with E-state index in [9.17, 15) is 0 Å². The Bertz CT molecular complexity index is 241. The average Bonchev–Trinajstić information content (AvgIpc) is 2.71. The van der Waals surface area contributed by atoms with Crippen molar-refractivity contribution in [2.45, 2.75) is 13.0 Å². The van der Waals surface area contributed by atoms with Crippen molar-refractivity contribution < 1.29 is 4.74 Å². The van der Waals surface area contributed by atoms with Gasteiger partial charge in [0.05, 0.1) is 13.2 Å². The summed E-state index contributed by atoms with van der Waals surface area (Å²) >= 11 is 1.84. The molecule has 1 fully saturated rings. The highest BCUT2D eigenvalue weighted by Crippen LogP contribution is 2.24. The van der Waals surface area contributed by atoms with Gasteiger partial charge in [-0.1, -0.05) is 6.07 Å². The molecular weight excluding hydrogens is 182 g/mol. The number of ether oxygens (including phenoxy) is 1. The first-order valence-corrected chi connectivity index (χ1v) is 5.61. The molecule has 0 bridgehead atoms. The Morgan fingerprint density at radius 2 is 2.23 bits per heavy atom. The van der Waals surface area contributed by atoms with Crippen LogP contribution in [-0.4, -0.2) is 31.2 Å². The molecule has 0 unspecified atom stereocenters. The Morgan fingerprint density at radius 1 is 1.46 bits per heavy atom. The van der Waals surface area contributed by atoms with Crippen molar-refractivity contribution in [3.63, 3.8) is 0 Å². The number of hydrogen-bond acceptors (Lipinski definition) is 3. The molecule has 2 heterocycles. The number of nitrogens with zero attached hydrogens (tertiary/aromatic N) is 1. The van der Waals surface area contributed by atoms with E-state index in [0.717, 1.165) is 26.3 Å². The van der Waals surface area contributed by atoms with E-state index in [-0.39, 0.29) is 0 Å². The SMILES string of the molecule is C[C@@H](c1cccs1)N1CCOCC1. The topological polar surface area (TPSA) is 12.5 Å². The van der Waals surface area contributed by atoms with Crippen molar-refractivity contribution in [2.24, 2.45) is 0 Å². The molecule has 1 atom stereocenters. The lowest BCUT2D eigenvalue weighted by Crippen LogP contribution is -2.37. The largest absolute Gasteiger partial charge is 0.379 e. The summed E-state index contributed by atoms with van der Waals surface area (Å²) in [6.45, 7) is 6.18. The smallest absolute Gasteiger partial charge is 0.0594 e. The van der Waals surface area contributed by atoms with E-state index in [4.69, 9.17) is 4.74 Å². The van der Waals surface area contributed by atoms with Gasteiger partial charge in [-0.2, -0.15) is 0 Å². The first-order valence-electron chi connectivity index (χ1n) is 4.73. The van der Waals surface area contributed by atoms with E-state index in [2.05, 4.69) is 29.3 Å². The number of hydrogen-bond donors (Lipinski definition) is 0. The van der Waals surface area contributed by atoms with Gasteiger partial charge in [-0.15, -0.1) is 11.3 Å².